The first-order valence-electron chi connectivity index (χ1n) is 10.4. The number of aryl methyl sites for hydroxylation is 2. The van der Waals surface area contributed by atoms with Crippen molar-refractivity contribution in [1.82, 2.24) is 4.98 Å². The van der Waals surface area contributed by atoms with Gasteiger partial charge in [0, 0.05) is 22.6 Å². The Morgan fingerprint density at radius 2 is 1.76 bits per heavy atom. The van der Waals surface area contributed by atoms with Gasteiger partial charge < -0.3 is 4.74 Å². The molecule has 3 aromatic carbocycles. The summed E-state index contributed by atoms with van der Waals surface area (Å²) in [7, 11) is 0. The third kappa shape index (κ3) is 4.65. The number of Topliss-reactive ketones (excluding diaryl/α,β-unsaturated/α-hetero) is 1. The molecule has 170 valence electrons. The maximum absolute atomic E-state index is 13.0. The van der Waals surface area contributed by atoms with E-state index < -0.39 is 29.0 Å². The lowest BCUT2D eigenvalue weighted by Crippen LogP contribution is -2.15. The number of nitrogens with zero attached hydrogens (tertiary/aromatic N) is 2. The van der Waals surface area contributed by atoms with Gasteiger partial charge >= 0.3 is 5.97 Å². The zero-order chi connectivity index (χ0) is 24.4. The summed E-state index contributed by atoms with van der Waals surface area (Å²) in [5.41, 5.74) is 4.22. The number of carbonyl (C=O) groups is 2. The summed E-state index contributed by atoms with van der Waals surface area (Å²) in [6.45, 7) is 3.44. The number of nitro benzene ring substituents is 1. The van der Waals surface area contributed by atoms with Gasteiger partial charge in [-0.1, -0.05) is 41.9 Å². The minimum Gasteiger partial charge on any atom is -0.454 e. The molecule has 0 aliphatic carbocycles. The smallest absolute Gasteiger partial charge is 0.339 e. The molecule has 0 spiro atoms. The molecule has 1 aromatic heterocycles. The minimum atomic E-state index is -0.694. The number of ether oxygens (including phenoxy) is 1. The number of esters is 1. The molecule has 34 heavy (non-hydrogen) atoms. The number of nitro groups is 1. The van der Waals surface area contributed by atoms with Gasteiger partial charge in [0.15, 0.2) is 6.61 Å². The van der Waals surface area contributed by atoms with Crippen LogP contribution in [0.5, 0.6) is 0 Å². The Hall–Kier alpha value is -4.10. The maximum Gasteiger partial charge on any atom is 0.339 e. The van der Waals surface area contributed by atoms with Gasteiger partial charge in [0.25, 0.3) is 5.69 Å². The van der Waals surface area contributed by atoms with E-state index in [2.05, 4.69) is 4.98 Å². The largest absolute Gasteiger partial charge is 0.454 e. The first-order chi connectivity index (χ1) is 16.2. The molecular formula is C26H19ClN2O5. The molecule has 0 unspecified atom stereocenters. The van der Waals surface area contributed by atoms with Crippen molar-refractivity contribution in [1.29, 1.82) is 0 Å². The van der Waals surface area contributed by atoms with E-state index in [1.165, 1.54) is 12.1 Å². The van der Waals surface area contributed by atoms with Gasteiger partial charge in [-0.3, -0.25) is 14.9 Å². The van der Waals surface area contributed by atoms with Crippen molar-refractivity contribution in [3.8, 4) is 11.3 Å². The van der Waals surface area contributed by atoms with Crippen molar-refractivity contribution in [2.45, 2.75) is 13.8 Å². The number of carbonyl (C=O) groups excluding carboxylic acids is 2. The molecule has 0 amide bonds. The van der Waals surface area contributed by atoms with Gasteiger partial charge in [-0.2, -0.15) is 0 Å². The Morgan fingerprint density at radius 3 is 2.50 bits per heavy atom. The first kappa shape index (κ1) is 23.1. The van der Waals surface area contributed by atoms with Crippen molar-refractivity contribution in [2.24, 2.45) is 0 Å². The molecule has 0 atom stereocenters. The van der Waals surface area contributed by atoms with E-state index >= 15 is 0 Å². The van der Waals surface area contributed by atoms with E-state index in [1.807, 2.05) is 38.1 Å². The maximum atomic E-state index is 13.0. The molecule has 1 heterocycles. The van der Waals surface area contributed by atoms with Crippen molar-refractivity contribution in [2.75, 3.05) is 6.61 Å². The fraction of sp³-hybridized carbons (Fsp3) is 0.115. The number of rotatable bonds is 6. The highest BCUT2D eigenvalue weighted by Crippen LogP contribution is 2.28. The fourth-order valence-corrected chi connectivity index (χ4v) is 3.70. The summed E-state index contributed by atoms with van der Waals surface area (Å²) in [6, 6.07) is 18.4. The number of aromatic nitrogens is 1. The SMILES string of the molecule is Cc1ccc(-c2cc(C(=O)OCC(=O)c3ccc(Cl)c([N+](=O)[O-])c3)c3ccccc3n2)cc1C. The fourth-order valence-electron chi connectivity index (χ4n) is 3.51. The molecular weight excluding hydrogens is 456 g/mol. The molecule has 4 rings (SSSR count). The van der Waals surface area contributed by atoms with Gasteiger partial charge in [0.2, 0.25) is 5.78 Å². The summed E-state index contributed by atoms with van der Waals surface area (Å²) in [5.74, 6) is -1.28. The van der Waals surface area contributed by atoms with Crippen LogP contribution in [0.3, 0.4) is 0 Å². The van der Waals surface area contributed by atoms with Crippen molar-refractivity contribution < 1.29 is 19.2 Å². The number of ketones is 1. The number of hydrogen-bond acceptors (Lipinski definition) is 6. The molecule has 4 aromatic rings. The van der Waals surface area contributed by atoms with Crippen LogP contribution >= 0.6 is 11.6 Å². The van der Waals surface area contributed by atoms with Gasteiger partial charge in [-0.25, -0.2) is 9.78 Å². The van der Waals surface area contributed by atoms with Crippen LogP contribution in [-0.2, 0) is 4.74 Å². The zero-order valence-electron chi connectivity index (χ0n) is 18.4. The highest BCUT2D eigenvalue weighted by atomic mass is 35.5. The Labute approximate surface area is 200 Å². The van der Waals surface area contributed by atoms with Crippen LogP contribution in [0.25, 0.3) is 22.2 Å². The van der Waals surface area contributed by atoms with E-state index in [1.54, 1.807) is 24.3 Å². The van der Waals surface area contributed by atoms with Crippen LogP contribution in [0.15, 0.2) is 66.7 Å². The third-order valence-corrected chi connectivity index (χ3v) is 5.86. The average molecular weight is 475 g/mol. The number of para-hydroxylation sites is 1. The number of halogens is 1. The van der Waals surface area contributed by atoms with E-state index in [4.69, 9.17) is 16.3 Å². The molecule has 0 N–H and O–H groups in total. The Kier molecular flexibility index (Phi) is 6.38. The number of hydrogen-bond donors (Lipinski definition) is 0. The Bertz CT molecular complexity index is 1470. The molecule has 7 nitrogen and oxygen atoms in total. The van der Waals surface area contributed by atoms with E-state index in [0.717, 1.165) is 22.8 Å². The van der Waals surface area contributed by atoms with Gasteiger partial charge in [-0.15, -0.1) is 0 Å². The summed E-state index contributed by atoms with van der Waals surface area (Å²) in [5, 5.41) is 11.6. The highest BCUT2D eigenvalue weighted by molar-refractivity contribution is 6.32. The molecule has 0 saturated carbocycles. The monoisotopic (exact) mass is 474 g/mol. The van der Waals surface area contributed by atoms with Crippen LogP contribution in [-0.4, -0.2) is 28.3 Å². The van der Waals surface area contributed by atoms with E-state index in [-0.39, 0.29) is 16.1 Å². The van der Waals surface area contributed by atoms with Crippen LogP contribution < -0.4 is 0 Å². The van der Waals surface area contributed by atoms with Crippen LogP contribution in [0.1, 0.15) is 31.8 Å². The third-order valence-electron chi connectivity index (χ3n) is 5.54. The number of pyridine rings is 1. The second kappa shape index (κ2) is 9.41. The van der Waals surface area contributed by atoms with Gasteiger partial charge in [0.05, 0.1) is 21.7 Å². The van der Waals surface area contributed by atoms with Crippen LogP contribution in [0.4, 0.5) is 5.69 Å². The Morgan fingerprint density at radius 1 is 1.00 bits per heavy atom. The van der Waals surface area contributed by atoms with Crippen LogP contribution in [0.2, 0.25) is 5.02 Å². The molecule has 0 fully saturated rings. The second-order valence-electron chi connectivity index (χ2n) is 7.79. The lowest BCUT2D eigenvalue weighted by molar-refractivity contribution is -0.384. The standard InChI is InChI=1S/C26H19ClN2O5/c1-15-7-8-17(11-16(15)2)23-13-20(19-5-3-4-6-22(19)28-23)26(31)34-14-25(30)18-9-10-21(27)24(12-18)29(32)33/h3-13H,14H2,1-2H3. The normalized spacial score (nSPS) is 10.8. The predicted molar refractivity (Wildman–Crippen MR) is 129 cm³/mol. The molecule has 0 saturated heterocycles. The quantitative estimate of drug-likeness (QED) is 0.144. The first-order valence-corrected chi connectivity index (χ1v) is 10.7. The second-order valence-corrected chi connectivity index (χ2v) is 8.20. The van der Waals surface area contributed by atoms with Gasteiger partial charge in [-0.05, 0) is 55.3 Å². The summed E-state index contributed by atoms with van der Waals surface area (Å²) < 4.78 is 5.30. The minimum absolute atomic E-state index is 0.0271. The van der Waals surface area contributed by atoms with Crippen molar-refractivity contribution in [3.63, 3.8) is 0 Å². The molecule has 0 aliphatic heterocycles. The number of benzene rings is 3. The molecule has 0 bridgehead atoms. The van der Waals surface area contributed by atoms with E-state index in [0.29, 0.717) is 16.6 Å². The predicted octanol–water partition coefficient (Wildman–Crippen LogP) is 6.12. The molecule has 8 heteroatoms. The zero-order valence-corrected chi connectivity index (χ0v) is 19.1. The topological polar surface area (TPSA) is 99.4 Å². The van der Waals surface area contributed by atoms with Crippen LogP contribution in [0, 0.1) is 24.0 Å². The lowest BCUT2D eigenvalue weighted by Gasteiger charge is -2.11. The van der Waals surface area contributed by atoms with Crippen molar-refractivity contribution >= 4 is 39.9 Å². The summed E-state index contributed by atoms with van der Waals surface area (Å²) >= 11 is 5.80. The lowest BCUT2D eigenvalue weighted by atomic mass is 10.0. The highest BCUT2D eigenvalue weighted by Gasteiger charge is 2.20. The van der Waals surface area contributed by atoms with Crippen molar-refractivity contribution in [3.05, 3.63) is 104 Å². The summed E-state index contributed by atoms with van der Waals surface area (Å²) in [6.07, 6.45) is 0. The molecule has 0 aliphatic rings. The van der Waals surface area contributed by atoms with Gasteiger partial charge in [0.1, 0.15) is 5.02 Å². The van der Waals surface area contributed by atoms with E-state index in [9.17, 15) is 19.7 Å². The average Bonchev–Trinajstić information content (AvgIpc) is 2.83. The summed E-state index contributed by atoms with van der Waals surface area (Å²) in [4.78, 5) is 40.6. The Balaban J connectivity index is 1.63. The number of fused-ring (bicyclic) bond motifs is 1. The molecule has 0 radical (unpaired) electrons.